The number of aromatic hydroxyl groups is 1. The summed E-state index contributed by atoms with van der Waals surface area (Å²) in [6, 6.07) is 11.2. The van der Waals surface area contributed by atoms with Crippen LogP contribution in [0.2, 0.25) is 0 Å². The zero-order valence-electron chi connectivity index (χ0n) is 17.1. The lowest BCUT2D eigenvalue weighted by Gasteiger charge is -2.34. The van der Waals surface area contributed by atoms with Gasteiger partial charge in [0.1, 0.15) is 6.10 Å². The van der Waals surface area contributed by atoms with Gasteiger partial charge in [0.15, 0.2) is 17.3 Å². The molecule has 0 saturated carbocycles. The molecule has 0 bridgehead atoms. The van der Waals surface area contributed by atoms with Crippen molar-refractivity contribution >= 4 is 17.6 Å². The van der Waals surface area contributed by atoms with Crippen molar-refractivity contribution in [2.24, 2.45) is 5.41 Å². The number of aliphatic hydroxyl groups excluding tert-OH is 1. The van der Waals surface area contributed by atoms with Gasteiger partial charge in [-0.3, -0.25) is 10.1 Å². The molecule has 0 aliphatic heterocycles. The van der Waals surface area contributed by atoms with E-state index in [1.807, 2.05) is 13.8 Å². The first-order valence-electron chi connectivity index (χ1n) is 9.24. The average Bonchev–Trinajstić information content (AvgIpc) is 2.66. The van der Waals surface area contributed by atoms with Gasteiger partial charge in [0, 0.05) is 23.3 Å². The molecule has 0 aliphatic rings. The third-order valence-electron chi connectivity index (χ3n) is 4.73. The number of nitrogens with one attached hydrogen (secondary N) is 1. The van der Waals surface area contributed by atoms with Crippen LogP contribution in [0.25, 0.3) is 0 Å². The first-order chi connectivity index (χ1) is 13.7. The van der Waals surface area contributed by atoms with Crippen molar-refractivity contribution in [3.8, 4) is 11.5 Å². The Morgan fingerprint density at radius 1 is 1.14 bits per heavy atom. The number of Topliss-reactive ketones (excluding diaryl/α,β-unsaturated/α-hetero) is 1. The number of benzene rings is 2. The third kappa shape index (κ3) is 5.71. The molecule has 2 aromatic rings. The smallest absolute Gasteiger partial charge is 0.412 e. The van der Waals surface area contributed by atoms with Gasteiger partial charge in [-0.15, -0.1) is 0 Å². The van der Waals surface area contributed by atoms with E-state index in [1.165, 1.54) is 20.1 Å². The fraction of sp³-hybridized carbons (Fsp3) is 0.364. The molecule has 0 saturated heterocycles. The lowest BCUT2D eigenvalue weighted by molar-refractivity contribution is 0.0151. The highest BCUT2D eigenvalue weighted by Crippen LogP contribution is 2.41. The Morgan fingerprint density at radius 3 is 2.31 bits per heavy atom. The number of hydrogen-bond acceptors (Lipinski definition) is 6. The van der Waals surface area contributed by atoms with Crippen LogP contribution in [-0.2, 0) is 4.74 Å². The van der Waals surface area contributed by atoms with E-state index in [4.69, 9.17) is 9.47 Å². The van der Waals surface area contributed by atoms with Crippen molar-refractivity contribution < 1.29 is 29.3 Å². The zero-order chi connectivity index (χ0) is 21.6. The summed E-state index contributed by atoms with van der Waals surface area (Å²) in [5.74, 6) is 0.172. The van der Waals surface area contributed by atoms with E-state index in [-0.39, 0.29) is 18.1 Å². The Morgan fingerprint density at radius 2 is 1.79 bits per heavy atom. The molecule has 156 valence electrons. The number of carbonyl (C=O) groups is 2. The van der Waals surface area contributed by atoms with E-state index in [9.17, 15) is 19.8 Å². The van der Waals surface area contributed by atoms with Gasteiger partial charge in [-0.1, -0.05) is 19.9 Å². The molecule has 1 atom stereocenters. The number of hydrogen-bond donors (Lipinski definition) is 3. The molecular weight excluding hydrogens is 374 g/mol. The second kappa shape index (κ2) is 9.43. The number of amides is 1. The molecule has 0 unspecified atom stereocenters. The van der Waals surface area contributed by atoms with Gasteiger partial charge >= 0.3 is 6.09 Å². The van der Waals surface area contributed by atoms with Gasteiger partial charge in [0.25, 0.3) is 0 Å². The van der Waals surface area contributed by atoms with Crippen molar-refractivity contribution in [3.63, 3.8) is 0 Å². The number of rotatable bonds is 8. The fourth-order valence-corrected chi connectivity index (χ4v) is 3.01. The maximum absolute atomic E-state index is 12.5. The Labute approximate surface area is 170 Å². The van der Waals surface area contributed by atoms with Crippen LogP contribution in [-0.4, -0.2) is 35.8 Å². The molecule has 7 heteroatoms. The highest BCUT2D eigenvalue weighted by molar-refractivity contribution is 5.95. The normalized spacial score (nSPS) is 12.2. The summed E-state index contributed by atoms with van der Waals surface area (Å²) < 4.78 is 10.7. The molecule has 29 heavy (non-hydrogen) atoms. The summed E-state index contributed by atoms with van der Waals surface area (Å²) in [5.41, 5.74) is 0.991. The van der Waals surface area contributed by atoms with E-state index >= 15 is 0 Å². The quantitative estimate of drug-likeness (QED) is 0.570. The number of phenols is 1. The SMILES string of the molecule is COc1ccc([C@H](OC(=O)Nc2ccc(C(C)=O)cc2)C(C)(C)CCO)cc1O. The lowest BCUT2D eigenvalue weighted by Crippen LogP contribution is -2.29. The largest absolute Gasteiger partial charge is 0.504 e. The number of ketones is 1. The van der Waals surface area contributed by atoms with Gasteiger partial charge < -0.3 is 19.7 Å². The minimum Gasteiger partial charge on any atom is -0.504 e. The second-order valence-corrected chi connectivity index (χ2v) is 7.44. The van der Waals surface area contributed by atoms with E-state index < -0.39 is 17.6 Å². The molecule has 0 heterocycles. The van der Waals surface area contributed by atoms with E-state index in [1.54, 1.807) is 36.4 Å². The van der Waals surface area contributed by atoms with Gasteiger partial charge in [-0.25, -0.2) is 4.79 Å². The van der Waals surface area contributed by atoms with Crippen molar-refractivity contribution in [2.75, 3.05) is 19.0 Å². The van der Waals surface area contributed by atoms with Crippen LogP contribution in [0.15, 0.2) is 42.5 Å². The topological polar surface area (TPSA) is 105 Å². The van der Waals surface area contributed by atoms with E-state index in [0.29, 0.717) is 29.0 Å². The highest BCUT2D eigenvalue weighted by atomic mass is 16.6. The van der Waals surface area contributed by atoms with Crippen LogP contribution in [0, 0.1) is 5.41 Å². The number of ether oxygens (including phenoxy) is 2. The summed E-state index contributed by atoms with van der Waals surface area (Å²) >= 11 is 0. The van der Waals surface area contributed by atoms with Crippen molar-refractivity contribution in [1.82, 2.24) is 0 Å². The summed E-state index contributed by atoms with van der Waals surface area (Å²) in [6.45, 7) is 5.12. The molecular formula is C22H27NO6. The molecule has 0 fully saturated rings. The number of aliphatic hydroxyl groups is 1. The molecule has 1 amide bonds. The average molecular weight is 401 g/mol. The van der Waals surface area contributed by atoms with Gasteiger partial charge in [-0.2, -0.15) is 0 Å². The zero-order valence-corrected chi connectivity index (χ0v) is 17.1. The molecule has 0 aromatic heterocycles. The lowest BCUT2D eigenvalue weighted by atomic mass is 9.80. The molecule has 3 N–H and O–H groups in total. The van der Waals surface area contributed by atoms with Crippen molar-refractivity contribution in [3.05, 3.63) is 53.6 Å². The Kier molecular flexibility index (Phi) is 7.23. The third-order valence-corrected chi connectivity index (χ3v) is 4.73. The number of phenolic OH excluding ortho intramolecular Hbond substituents is 1. The van der Waals surface area contributed by atoms with Crippen LogP contribution >= 0.6 is 0 Å². The first kappa shape index (κ1) is 22.2. The Bertz CT molecular complexity index is 860. The molecule has 7 nitrogen and oxygen atoms in total. The number of anilines is 1. The Balaban J connectivity index is 2.24. The van der Waals surface area contributed by atoms with E-state index in [2.05, 4.69) is 5.32 Å². The molecule has 2 rings (SSSR count). The van der Waals surface area contributed by atoms with Crippen molar-refractivity contribution in [2.45, 2.75) is 33.3 Å². The van der Waals surface area contributed by atoms with Gasteiger partial charge in [0.05, 0.1) is 7.11 Å². The number of methoxy groups -OCH3 is 1. The first-order valence-corrected chi connectivity index (χ1v) is 9.24. The molecule has 0 spiro atoms. The molecule has 0 aliphatic carbocycles. The summed E-state index contributed by atoms with van der Waals surface area (Å²) in [6.07, 6.45) is -1.04. The van der Waals surface area contributed by atoms with Crippen molar-refractivity contribution in [1.29, 1.82) is 0 Å². The predicted molar refractivity (Wildman–Crippen MR) is 109 cm³/mol. The van der Waals surface area contributed by atoms with Crippen LogP contribution in [0.4, 0.5) is 10.5 Å². The van der Waals surface area contributed by atoms with Crippen LogP contribution in [0.1, 0.15) is 49.2 Å². The van der Waals surface area contributed by atoms with Crippen LogP contribution in [0.3, 0.4) is 0 Å². The van der Waals surface area contributed by atoms with Gasteiger partial charge in [0.2, 0.25) is 0 Å². The van der Waals surface area contributed by atoms with E-state index in [0.717, 1.165) is 0 Å². The summed E-state index contributed by atoms with van der Waals surface area (Å²) in [4.78, 5) is 23.9. The fourth-order valence-electron chi connectivity index (χ4n) is 3.01. The highest BCUT2D eigenvalue weighted by Gasteiger charge is 2.34. The molecule has 2 aromatic carbocycles. The minimum absolute atomic E-state index is 0.0655. The molecule has 0 radical (unpaired) electrons. The number of carbonyl (C=O) groups excluding carboxylic acids is 2. The summed E-state index contributed by atoms with van der Waals surface area (Å²) in [7, 11) is 1.45. The predicted octanol–water partition coefficient (Wildman–Crippen LogP) is 4.30. The van der Waals surface area contributed by atoms with Crippen LogP contribution < -0.4 is 10.1 Å². The second-order valence-electron chi connectivity index (χ2n) is 7.44. The van der Waals surface area contributed by atoms with Crippen LogP contribution in [0.5, 0.6) is 11.5 Å². The maximum Gasteiger partial charge on any atom is 0.412 e. The standard InChI is InChI=1S/C22H27NO6/c1-14(25)15-5-8-17(9-6-15)23-21(27)29-20(22(2,3)11-12-24)16-7-10-19(28-4)18(26)13-16/h5-10,13,20,24,26H,11-12H2,1-4H3,(H,23,27)/t20-/m0/s1. The monoisotopic (exact) mass is 401 g/mol. The maximum atomic E-state index is 12.5. The minimum atomic E-state index is -0.733. The summed E-state index contributed by atoms with van der Waals surface area (Å²) in [5, 5.41) is 22.2. The van der Waals surface area contributed by atoms with Gasteiger partial charge in [-0.05, 0) is 55.3 Å². The Hall–Kier alpha value is -3.06.